The van der Waals surface area contributed by atoms with Gasteiger partial charge in [-0.3, -0.25) is 9.48 Å². The minimum absolute atomic E-state index is 0.0254. The zero-order valence-corrected chi connectivity index (χ0v) is 14.6. The number of hydrogen-bond acceptors (Lipinski definition) is 2. The van der Waals surface area contributed by atoms with E-state index in [1.807, 2.05) is 0 Å². The Bertz CT molecular complexity index is 977. The van der Waals surface area contributed by atoms with Gasteiger partial charge >= 0.3 is 12.4 Å². The number of hydrogen-bond donors (Lipinski definition) is 1. The first-order valence-corrected chi connectivity index (χ1v) is 8.20. The average Bonchev–Trinajstić information content (AvgIpc) is 3.14. The van der Waals surface area contributed by atoms with Gasteiger partial charge in [0, 0.05) is 23.6 Å². The SMILES string of the molecule is O=C(Nc1ccccc1Cn1cccn1)c1cc(C(F)(F)F)cc(C(F)(F)F)c1. The summed E-state index contributed by atoms with van der Waals surface area (Å²) in [5.41, 5.74) is -3.03. The van der Waals surface area contributed by atoms with Crippen LogP contribution in [0.2, 0.25) is 0 Å². The Morgan fingerprint density at radius 1 is 0.931 bits per heavy atom. The number of para-hydroxylation sites is 1. The molecule has 0 aliphatic carbocycles. The van der Waals surface area contributed by atoms with E-state index in [-0.39, 0.29) is 18.3 Å². The van der Waals surface area contributed by atoms with E-state index in [4.69, 9.17) is 0 Å². The van der Waals surface area contributed by atoms with E-state index in [1.165, 1.54) is 6.07 Å². The standard InChI is InChI=1S/C19H13F6N3O/c20-18(21,22)14-8-13(9-15(10-14)19(23,24)25)17(29)27-16-5-2-1-4-12(16)11-28-7-3-6-26-28/h1-10H,11H2,(H,27,29). The maximum absolute atomic E-state index is 13.0. The summed E-state index contributed by atoms with van der Waals surface area (Å²) in [6.07, 6.45) is -6.86. The van der Waals surface area contributed by atoms with Crippen molar-refractivity contribution >= 4 is 11.6 Å². The number of nitrogens with zero attached hydrogens (tertiary/aromatic N) is 2. The second-order valence-corrected chi connectivity index (χ2v) is 6.11. The van der Waals surface area contributed by atoms with Crippen molar-refractivity contribution in [1.29, 1.82) is 0 Å². The molecule has 0 saturated heterocycles. The molecule has 152 valence electrons. The number of nitrogens with one attached hydrogen (secondary N) is 1. The van der Waals surface area contributed by atoms with Gasteiger partial charge < -0.3 is 5.32 Å². The number of carbonyl (C=O) groups is 1. The van der Waals surface area contributed by atoms with Crippen molar-refractivity contribution in [2.75, 3.05) is 5.32 Å². The second-order valence-electron chi connectivity index (χ2n) is 6.11. The van der Waals surface area contributed by atoms with Crippen LogP contribution >= 0.6 is 0 Å². The summed E-state index contributed by atoms with van der Waals surface area (Å²) in [5.74, 6) is -1.09. The molecule has 1 N–H and O–H groups in total. The van der Waals surface area contributed by atoms with Gasteiger partial charge in [-0.15, -0.1) is 0 Å². The summed E-state index contributed by atoms with van der Waals surface area (Å²) >= 11 is 0. The van der Waals surface area contributed by atoms with Gasteiger partial charge in [-0.2, -0.15) is 31.4 Å². The molecule has 4 nitrogen and oxygen atoms in total. The third-order valence-electron chi connectivity index (χ3n) is 4.01. The fourth-order valence-electron chi connectivity index (χ4n) is 2.63. The van der Waals surface area contributed by atoms with Gasteiger partial charge in [0.25, 0.3) is 5.91 Å². The lowest BCUT2D eigenvalue weighted by Gasteiger charge is -2.15. The first-order chi connectivity index (χ1) is 13.5. The lowest BCUT2D eigenvalue weighted by Crippen LogP contribution is -2.18. The molecular weight excluding hydrogens is 400 g/mol. The Hall–Kier alpha value is -3.30. The Balaban J connectivity index is 1.94. The van der Waals surface area contributed by atoms with Crippen LogP contribution in [0.5, 0.6) is 0 Å². The van der Waals surface area contributed by atoms with Crippen molar-refractivity contribution in [3.63, 3.8) is 0 Å². The lowest BCUT2D eigenvalue weighted by molar-refractivity contribution is -0.143. The number of halogens is 6. The van der Waals surface area contributed by atoms with Gasteiger partial charge in [0.2, 0.25) is 0 Å². The molecule has 3 rings (SSSR count). The van der Waals surface area contributed by atoms with E-state index in [9.17, 15) is 31.1 Å². The molecular formula is C19H13F6N3O. The van der Waals surface area contributed by atoms with Crippen LogP contribution in [0.3, 0.4) is 0 Å². The molecule has 1 aromatic heterocycles. The maximum Gasteiger partial charge on any atom is 0.416 e. The van der Waals surface area contributed by atoms with Crippen molar-refractivity contribution in [2.24, 2.45) is 0 Å². The van der Waals surface area contributed by atoms with Crippen molar-refractivity contribution < 1.29 is 31.1 Å². The largest absolute Gasteiger partial charge is 0.416 e. The average molecular weight is 413 g/mol. The van der Waals surface area contributed by atoms with E-state index < -0.39 is 35.0 Å². The Morgan fingerprint density at radius 3 is 2.10 bits per heavy atom. The van der Waals surface area contributed by atoms with E-state index in [2.05, 4.69) is 10.4 Å². The van der Waals surface area contributed by atoms with Crippen LogP contribution < -0.4 is 5.32 Å². The molecule has 3 aromatic rings. The number of carbonyl (C=O) groups excluding carboxylic acids is 1. The van der Waals surface area contributed by atoms with Crippen molar-refractivity contribution in [3.8, 4) is 0 Å². The maximum atomic E-state index is 13.0. The first kappa shape index (κ1) is 20.4. The van der Waals surface area contributed by atoms with Crippen molar-refractivity contribution in [3.05, 3.63) is 83.2 Å². The van der Waals surface area contributed by atoms with E-state index in [1.54, 1.807) is 41.3 Å². The summed E-state index contributed by atoms with van der Waals surface area (Å²) in [7, 11) is 0. The minimum Gasteiger partial charge on any atom is -0.322 e. The van der Waals surface area contributed by atoms with Crippen molar-refractivity contribution in [2.45, 2.75) is 18.9 Å². The highest BCUT2D eigenvalue weighted by Gasteiger charge is 2.37. The number of aromatic nitrogens is 2. The highest BCUT2D eigenvalue weighted by molar-refractivity contribution is 6.05. The highest BCUT2D eigenvalue weighted by atomic mass is 19.4. The number of amides is 1. The smallest absolute Gasteiger partial charge is 0.322 e. The van der Waals surface area contributed by atoms with Gasteiger partial charge in [-0.1, -0.05) is 18.2 Å². The molecule has 0 bridgehead atoms. The summed E-state index contributed by atoms with van der Waals surface area (Å²) in [5, 5.41) is 6.40. The molecule has 0 aliphatic heterocycles. The monoisotopic (exact) mass is 413 g/mol. The molecule has 1 amide bonds. The molecule has 0 fully saturated rings. The number of benzene rings is 2. The van der Waals surface area contributed by atoms with E-state index in [0.29, 0.717) is 17.7 Å². The van der Waals surface area contributed by atoms with E-state index in [0.717, 1.165) is 0 Å². The fraction of sp³-hybridized carbons (Fsp3) is 0.158. The van der Waals surface area contributed by atoms with Crippen LogP contribution in [-0.2, 0) is 18.9 Å². The highest BCUT2D eigenvalue weighted by Crippen LogP contribution is 2.36. The van der Waals surface area contributed by atoms with Crippen LogP contribution in [0.4, 0.5) is 32.0 Å². The van der Waals surface area contributed by atoms with Crippen LogP contribution in [0.1, 0.15) is 27.0 Å². The lowest BCUT2D eigenvalue weighted by atomic mass is 10.0. The fourth-order valence-corrected chi connectivity index (χ4v) is 2.63. The van der Waals surface area contributed by atoms with E-state index >= 15 is 0 Å². The summed E-state index contributed by atoms with van der Waals surface area (Å²) in [6, 6.07) is 8.85. The Kier molecular flexibility index (Phi) is 5.36. The quantitative estimate of drug-likeness (QED) is 0.596. The third kappa shape index (κ3) is 4.95. The molecule has 2 aromatic carbocycles. The predicted octanol–water partition coefficient (Wildman–Crippen LogP) is 5.22. The number of alkyl halides is 6. The molecule has 10 heteroatoms. The Labute approximate surface area is 160 Å². The van der Waals surface area contributed by atoms with Gasteiger partial charge in [0.1, 0.15) is 0 Å². The molecule has 0 spiro atoms. The van der Waals surface area contributed by atoms with Crippen LogP contribution in [0, 0.1) is 0 Å². The molecule has 0 unspecified atom stereocenters. The molecule has 1 heterocycles. The summed E-state index contributed by atoms with van der Waals surface area (Å²) in [4.78, 5) is 12.5. The third-order valence-corrected chi connectivity index (χ3v) is 4.01. The van der Waals surface area contributed by atoms with Gasteiger partial charge in [0.05, 0.1) is 17.7 Å². The molecule has 0 aliphatic rings. The van der Waals surface area contributed by atoms with Crippen molar-refractivity contribution in [1.82, 2.24) is 9.78 Å². The topological polar surface area (TPSA) is 46.9 Å². The second kappa shape index (κ2) is 7.61. The molecule has 0 saturated carbocycles. The molecule has 0 radical (unpaired) electrons. The number of anilines is 1. The van der Waals surface area contributed by atoms with Crippen LogP contribution in [-0.4, -0.2) is 15.7 Å². The summed E-state index contributed by atoms with van der Waals surface area (Å²) < 4.78 is 79.5. The summed E-state index contributed by atoms with van der Waals surface area (Å²) in [6.45, 7) is 0.250. The molecule has 0 atom stereocenters. The minimum atomic E-state index is -5.03. The molecule has 29 heavy (non-hydrogen) atoms. The van der Waals surface area contributed by atoms with Crippen LogP contribution in [0.25, 0.3) is 0 Å². The normalized spacial score (nSPS) is 12.1. The van der Waals surface area contributed by atoms with Gasteiger partial charge in [-0.25, -0.2) is 0 Å². The number of rotatable bonds is 4. The zero-order chi connectivity index (χ0) is 21.2. The first-order valence-electron chi connectivity index (χ1n) is 8.20. The predicted molar refractivity (Wildman–Crippen MR) is 92.2 cm³/mol. The Morgan fingerprint density at radius 2 is 1.55 bits per heavy atom. The van der Waals surface area contributed by atoms with Gasteiger partial charge in [-0.05, 0) is 35.9 Å². The van der Waals surface area contributed by atoms with Crippen LogP contribution in [0.15, 0.2) is 60.9 Å². The zero-order valence-electron chi connectivity index (χ0n) is 14.6. The van der Waals surface area contributed by atoms with Gasteiger partial charge in [0.15, 0.2) is 0 Å².